The van der Waals surface area contributed by atoms with Gasteiger partial charge in [0.25, 0.3) is 0 Å². The van der Waals surface area contributed by atoms with Crippen molar-refractivity contribution in [2.24, 2.45) is 5.92 Å². The van der Waals surface area contributed by atoms with Gasteiger partial charge in [0, 0.05) is 5.92 Å². The number of alkyl halides is 6. The minimum absolute atomic E-state index is 0.0896. The number of ketones is 1. The number of hydrogen-bond donors (Lipinski definition) is 0. The van der Waals surface area contributed by atoms with Gasteiger partial charge >= 0.3 is 12.4 Å². The highest BCUT2D eigenvalue weighted by atomic mass is 19.4. The van der Waals surface area contributed by atoms with Gasteiger partial charge in [-0.25, -0.2) is 0 Å². The largest absolute Gasteiger partial charge is 0.416 e. The van der Waals surface area contributed by atoms with E-state index in [1.165, 1.54) is 31.2 Å². The summed E-state index contributed by atoms with van der Waals surface area (Å²) in [4.78, 5) is 12.4. The number of Topliss-reactive ketones (excluding diaryl/α,β-unsaturated/α-hetero) is 1. The fraction of sp³-hybridized carbons (Fsp3) is 0.296. The van der Waals surface area contributed by atoms with Crippen LogP contribution in [0.2, 0.25) is 0 Å². The Bertz CT molecular complexity index is 1160. The Labute approximate surface area is 194 Å². The molecule has 0 aromatic heterocycles. The number of carbonyl (C=O) groups excluding carboxylic acids is 1. The highest BCUT2D eigenvalue weighted by Gasteiger charge is 2.31. The molecule has 0 heterocycles. The molecule has 0 aliphatic carbocycles. The van der Waals surface area contributed by atoms with Crippen molar-refractivity contribution in [3.63, 3.8) is 0 Å². The molecule has 0 fully saturated rings. The summed E-state index contributed by atoms with van der Waals surface area (Å²) in [6, 6.07) is 14.5. The van der Waals surface area contributed by atoms with E-state index in [2.05, 4.69) is 0 Å². The number of halogens is 6. The molecule has 3 rings (SSSR count). The van der Waals surface area contributed by atoms with Crippen LogP contribution in [0, 0.1) is 5.92 Å². The third kappa shape index (κ3) is 6.07. The van der Waals surface area contributed by atoms with Crippen LogP contribution in [0.25, 0.3) is 22.3 Å². The van der Waals surface area contributed by atoms with E-state index in [0.717, 1.165) is 24.3 Å². The maximum absolute atomic E-state index is 13.3. The van der Waals surface area contributed by atoms with Crippen LogP contribution in [0.15, 0.2) is 66.7 Å². The fourth-order valence-electron chi connectivity index (χ4n) is 3.92. The van der Waals surface area contributed by atoms with Gasteiger partial charge in [-0.2, -0.15) is 26.3 Å². The average Bonchev–Trinajstić information content (AvgIpc) is 2.76. The first-order chi connectivity index (χ1) is 15.8. The van der Waals surface area contributed by atoms with E-state index in [0.29, 0.717) is 34.2 Å². The second-order valence-electron chi connectivity index (χ2n) is 8.79. The molecule has 0 aliphatic heterocycles. The van der Waals surface area contributed by atoms with Crippen molar-refractivity contribution < 1.29 is 31.1 Å². The lowest BCUT2D eigenvalue weighted by atomic mass is 9.84. The van der Waals surface area contributed by atoms with Crippen molar-refractivity contribution in [1.82, 2.24) is 0 Å². The molecule has 0 radical (unpaired) electrons. The van der Waals surface area contributed by atoms with E-state index in [1.54, 1.807) is 18.2 Å². The van der Waals surface area contributed by atoms with Gasteiger partial charge in [0.15, 0.2) is 0 Å². The quantitative estimate of drug-likeness (QED) is 0.324. The van der Waals surface area contributed by atoms with Crippen molar-refractivity contribution in [2.45, 2.75) is 45.5 Å². The smallest absolute Gasteiger partial charge is 0.299 e. The summed E-state index contributed by atoms with van der Waals surface area (Å²) in [7, 11) is 0. The van der Waals surface area contributed by atoms with Crippen LogP contribution in [0.5, 0.6) is 0 Å². The third-order valence-electron chi connectivity index (χ3n) is 5.62. The first-order valence-corrected chi connectivity index (χ1v) is 10.8. The molecule has 0 spiro atoms. The van der Waals surface area contributed by atoms with E-state index in [4.69, 9.17) is 0 Å². The zero-order valence-electron chi connectivity index (χ0n) is 18.9. The summed E-state index contributed by atoms with van der Waals surface area (Å²) in [6.45, 7) is 5.38. The van der Waals surface area contributed by atoms with Crippen LogP contribution in [0.3, 0.4) is 0 Å². The molecule has 0 amide bonds. The van der Waals surface area contributed by atoms with Crippen LogP contribution in [0.4, 0.5) is 26.3 Å². The topological polar surface area (TPSA) is 17.1 Å². The van der Waals surface area contributed by atoms with Gasteiger partial charge in [-0.1, -0.05) is 50.2 Å². The Morgan fingerprint density at radius 2 is 1.26 bits per heavy atom. The van der Waals surface area contributed by atoms with Gasteiger partial charge in [0.1, 0.15) is 5.78 Å². The number of hydrogen-bond acceptors (Lipinski definition) is 1. The average molecular weight is 478 g/mol. The second-order valence-corrected chi connectivity index (χ2v) is 8.79. The van der Waals surface area contributed by atoms with Crippen LogP contribution in [-0.4, -0.2) is 5.78 Å². The highest BCUT2D eigenvalue weighted by Crippen LogP contribution is 2.37. The number of rotatable bonds is 6. The molecule has 0 saturated heterocycles. The Morgan fingerprint density at radius 3 is 1.76 bits per heavy atom. The van der Waals surface area contributed by atoms with Gasteiger partial charge in [-0.05, 0) is 77.4 Å². The molecule has 3 aromatic rings. The lowest BCUT2D eigenvalue weighted by Crippen LogP contribution is -2.12. The highest BCUT2D eigenvalue weighted by molar-refractivity contribution is 5.85. The predicted octanol–water partition coefficient (Wildman–Crippen LogP) is 8.78. The van der Waals surface area contributed by atoms with E-state index in [1.807, 2.05) is 13.8 Å². The SMILES string of the molecule is CC(=O)C(CC(C)C)c1cc(-c2ccc(C(F)(F)F)cc2)cc(-c2cccc(C(F)(F)F)c2)c1. The molecular formula is C27H24F6O. The van der Waals surface area contributed by atoms with Crippen LogP contribution in [-0.2, 0) is 17.1 Å². The van der Waals surface area contributed by atoms with Crippen molar-refractivity contribution in [3.8, 4) is 22.3 Å². The molecule has 0 N–H and O–H groups in total. The van der Waals surface area contributed by atoms with Gasteiger partial charge in [-0.3, -0.25) is 4.79 Å². The van der Waals surface area contributed by atoms with E-state index < -0.39 is 29.4 Å². The summed E-state index contributed by atoms with van der Waals surface area (Å²) in [6.07, 6.45) is -8.47. The summed E-state index contributed by atoms with van der Waals surface area (Å²) >= 11 is 0. The van der Waals surface area contributed by atoms with Crippen molar-refractivity contribution in [2.75, 3.05) is 0 Å². The molecular weight excluding hydrogens is 454 g/mol. The number of carbonyl (C=O) groups is 1. The first-order valence-electron chi connectivity index (χ1n) is 10.8. The molecule has 1 nitrogen and oxygen atoms in total. The summed E-state index contributed by atoms with van der Waals surface area (Å²) < 4.78 is 78.8. The van der Waals surface area contributed by atoms with Crippen LogP contribution >= 0.6 is 0 Å². The zero-order valence-corrected chi connectivity index (χ0v) is 18.9. The minimum Gasteiger partial charge on any atom is -0.299 e. The van der Waals surface area contributed by atoms with Crippen molar-refractivity contribution in [3.05, 3.63) is 83.4 Å². The first kappa shape index (κ1) is 25.5. The molecule has 0 bridgehead atoms. The molecule has 7 heteroatoms. The van der Waals surface area contributed by atoms with E-state index in [-0.39, 0.29) is 11.7 Å². The third-order valence-corrected chi connectivity index (χ3v) is 5.62. The van der Waals surface area contributed by atoms with E-state index in [9.17, 15) is 31.1 Å². The fourth-order valence-corrected chi connectivity index (χ4v) is 3.92. The lowest BCUT2D eigenvalue weighted by molar-refractivity contribution is -0.138. The molecule has 0 aliphatic rings. The Kier molecular flexibility index (Phi) is 7.24. The Hall–Kier alpha value is -3.09. The molecule has 1 atom stereocenters. The molecule has 34 heavy (non-hydrogen) atoms. The normalized spacial score (nSPS) is 13.2. The lowest BCUT2D eigenvalue weighted by Gasteiger charge is -2.20. The maximum atomic E-state index is 13.3. The molecule has 3 aromatic carbocycles. The molecule has 1 unspecified atom stereocenters. The summed E-state index contributed by atoms with van der Waals surface area (Å²) in [5.41, 5.74) is 0.753. The monoisotopic (exact) mass is 478 g/mol. The van der Waals surface area contributed by atoms with Gasteiger partial charge in [0.05, 0.1) is 11.1 Å². The van der Waals surface area contributed by atoms with Crippen molar-refractivity contribution in [1.29, 1.82) is 0 Å². The van der Waals surface area contributed by atoms with Crippen molar-refractivity contribution >= 4 is 5.78 Å². The van der Waals surface area contributed by atoms with Gasteiger partial charge in [-0.15, -0.1) is 0 Å². The number of benzene rings is 3. The molecule has 180 valence electrons. The second kappa shape index (κ2) is 9.65. The van der Waals surface area contributed by atoms with Gasteiger partial charge < -0.3 is 0 Å². The Balaban J connectivity index is 2.19. The van der Waals surface area contributed by atoms with Crippen LogP contribution < -0.4 is 0 Å². The summed E-state index contributed by atoms with van der Waals surface area (Å²) in [5, 5.41) is 0. The standard InChI is InChI=1S/C27H24F6O/c1-16(2)11-25(17(3)34)22-13-20(18-7-9-23(10-8-18)26(28,29)30)12-21(14-22)19-5-4-6-24(15-19)27(31,32)33/h4-10,12-16,25H,11H2,1-3H3. The Morgan fingerprint density at radius 1 is 0.706 bits per heavy atom. The van der Waals surface area contributed by atoms with E-state index >= 15 is 0 Å². The predicted molar refractivity (Wildman–Crippen MR) is 120 cm³/mol. The van der Waals surface area contributed by atoms with Crippen LogP contribution in [0.1, 0.15) is 49.8 Å². The maximum Gasteiger partial charge on any atom is 0.416 e. The molecule has 0 saturated carbocycles. The zero-order chi connectivity index (χ0) is 25.3. The van der Waals surface area contributed by atoms with Gasteiger partial charge in [0.2, 0.25) is 0 Å². The minimum atomic E-state index is -4.52. The summed E-state index contributed by atoms with van der Waals surface area (Å²) in [5.74, 6) is -0.396.